The van der Waals surface area contributed by atoms with Crippen molar-refractivity contribution >= 4 is 27.8 Å². The van der Waals surface area contributed by atoms with Crippen LogP contribution in [0.3, 0.4) is 0 Å². The van der Waals surface area contributed by atoms with Gasteiger partial charge in [-0.1, -0.05) is 46.3 Å². The Bertz CT molecular complexity index is 535. The van der Waals surface area contributed by atoms with Crippen molar-refractivity contribution in [2.45, 2.75) is 6.92 Å². The molecule has 0 saturated heterocycles. The van der Waals surface area contributed by atoms with Crippen LogP contribution in [-0.4, -0.2) is 6.21 Å². The number of halogens is 1. The molecule has 2 aromatic rings. The topological polar surface area (TPSA) is 24.4 Å². The van der Waals surface area contributed by atoms with Gasteiger partial charge < -0.3 is 0 Å². The summed E-state index contributed by atoms with van der Waals surface area (Å²) in [5.41, 5.74) is 6.27. The first-order valence-corrected chi connectivity index (χ1v) is 6.15. The van der Waals surface area contributed by atoms with Crippen molar-refractivity contribution in [2.24, 2.45) is 5.10 Å². The van der Waals surface area contributed by atoms with E-state index in [1.165, 1.54) is 5.56 Å². The number of nitrogens with one attached hydrogen (secondary N) is 1. The molecule has 3 heteroatoms. The third-order valence-corrected chi connectivity index (χ3v) is 3.04. The Morgan fingerprint density at radius 3 is 2.71 bits per heavy atom. The van der Waals surface area contributed by atoms with E-state index in [-0.39, 0.29) is 0 Å². The molecule has 0 spiro atoms. The third kappa shape index (κ3) is 3.43. The zero-order valence-electron chi connectivity index (χ0n) is 9.52. The molecular formula is C14H13BrN2. The lowest BCUT2D eigenvalue weighted by Gasteiger charge is -2.01. The number of benzene rings is 2. The van der Waals surface area contributed by atoms with Crippen LogP contribution >= 0.6 is 15.9 Å². The maximum Gasteiger partial charge on any atom is 0.0564 e. The number of rotatable bonds is 3. The number of nitrogens with zero attached hydrogens (tertiary/aromatic N) is 1. The van der Waals surface area contributed by atoms with E-state index in [0.717, 1.165) is 15.7 Å². The van der Waals surface area contributed by atoms with Gasteiger partial charge in [-0.3, -0.25) is 5.43 Å². The second-order valence-electron chi connectivity index (χ2n) is 3.76. The van der Waals surface area contributed by atoms with Gasteiger partial charge in [-0.25, -0.2) is 0 Å². The highest BCUT2D eigenvalue weighted by Crippen LogP contribution is 2.14. The van der Waals surface area contributed by atoms with E-state index in [0.29, 0.717) is 0 Å². The second-order valence-corrected chi connectivity index (χ2v) is 4.62. The smallest absolute Gasteiger partial charge is 0.0564 e. The molecule has 0 aliphatic carbocycles. The molecule has 2 nitrogen and oxygen atoms in total. The van der Waals surface area contributed by atoms with Crippen LogP contribution in [0.1, 0.15) is 11.1 Å². The van der Waals surface area contributed by atoms with Crippen LogP contribution < -0.4 is 5.43 Å². The molecule has 0 saturated carbocycles. The molecule has 0 amide bonds. The van der Waals surface area contributed by atoms with Crippen molar-refractivity contribution < 1.29 is 0 Å². The molecule has 0 fully saturated rings. The minimum atomic E-state index is 0.994. The largest absolute Gasteiger partial charge is 0.278 e. The molecule has 17 heavy (non-hydrogen) atoms. The summed E-state index contributed by atoms with van der Waals surface area (Å²) in [6.45, 7) is 2.06. The first-order valence-electron chi connectivity index (χ1n) is 5.36. The molecule has 86 valence electrons. The van der Waals surface area contributed by atoms with Crippen molar-refractivity contribution in [1.29, 1.82) is 0 Å². The Hall–Kier alpha value is -1.61. The van der Waals surface area contributed by atoms with Gasteiger partial charge in [0, 0.05) is 10.0 Å². The van der Waals surface area contributed by atoms with Crippen LogP contribution in [0.2, 0.25) is 0 Å². The fourth-order valence-electron chi connectivity index (χ4n) is 1.47. The lowest BCUT2D eigenvalue weighted by molar-refractivity contribution is 1.33. The number of aryl methyl sites for hydroxylation is 1. The van der Waals surface area contributed by atoms with Crippen LogP contribution in [0.4, 0.5) is 5.69 Å². The summed E-state index contributed by atoms with van der Waals surface area (Å²) < 4.78 is 1.04. The fraction of sp³-hybridized carbons (Fsp3) is 0.0714. The van der Waals surface area contributed by atoms with Crippen molar-refractivity contribution in [3.8, 4) is 0 Å². The van der Waals surface area contributed by atoms with Gasteiger partial charge >= 0.3 is 0 Å². The predicted octanol–water partition coefficient (Wildman–Crippen LogP) is 4.20. The summed E-state index contributed by atoms with van der Waals surface area (Å²) in [5, 5.41) is 4.21. The first-order chi connectivity index (χ1) is 8.25. The van der Waals surface area contributed by atoms with E-state index in [4.69, 9.17) is 0 Å². The quantitative estimate of drug-likeness (QED) is 0.664. The normalized spacial score (nSPS) is 10.7. The zero-order chi connectivity index (χ0) is 12.1. The summed E-state index contributed by atoms with van der Waals surface area (Å²) in [6.07, 6.45) is 1.80. The Morgan fingerprint density at radius 1 is 1.12 bits per heavy atom. The third-order valence-electron chi connectivity index (χ3n) is 2.32. The maximum absolute atomic E-state index is 4.21. The van der Waals surface area contributed by atoms with E-state index < -0.39 is 0 Å². The van der Waals surface area contributed by atoms with E-state index in [1.807, 2.05) is 36.4 Å². The molecule has 0 heterocycles. The first kappa shape index (κ1) is 11.9. The number of hydrogen-bond acceptors (Lipinski definition) is 2. The molecule has 0 bridgehead atoms. The highest BCUT2D eigenvalue weighted by Gasteiger charge is 1.93. The Morgan fingerprint density at radius 2 is 1.94 bits per heavy atom. The highest BCUT2D eigenvalue weighted by molar-refractivity contribution is 9.10. The van der Waals surface area contributed by atoms with Crippen LogP contribution in [-0.2, 0) is 0 Å². The van der Waals surface area contributed by atoms with Gasteiger partial charge in [0.05, 0.1) is 11.9 Å². The fourth-order valence-corrected chi connectivity index (χ4v) is 1.86. The second kappa shape index (κ2) is 5.64. The minimum absolute atomic E-state index is 0.994. The molecular weight excluding hydrogens is 276 g/mol. The molecule has 0 unspecified atom stereocenters. The van der Waals surface area contributed by atoms with Gasteiger partial charge in [0.1, 0.15) is 0 Å². The van der Waals surface area contributed by atoms with E-state index in [2.05, 4.69) is 45.5 Å². The monoisotopic (exact) mass is 288 g/mol. The summed E-state index contributed by atoms with van der Waals surface area (Å²) >= 11 is 3.48. The highest BCUT2D eigenvalue weighted by atomic mass is 79.9. The van der Waals surface area contributed by atoms with Crippen molar-refractivity contribution in [1.82, 2.24) is 0 Å². The summed E-state index contributed by atoms with van der Waals surface area (Å²) in [4.78, 5) is 0. The van der Waals surface area contributed by atoms with Crippen LogP contribution in [0, 0.1) is 6.92 Å². The van der Waals surface area contributed by atoms with Gasteiger partial charge in [0.25, 0.3) is 0 Å². The van der Waals surface area contributed by atoms with Gasteiger partial charge in [0.2, 0.25) is 0 Å². The van der Waals surface area contributed by atoms with E-state index >= 15 is 0 Å². The molecule has 0 aliphatic heterocycles. The predicted molar refractivity (Wildman–Crippen MR) is 76.5 cm³/mol. The van der Waals surface area contributed by atoms with E-state index in [1.54, 1.807) is 6.21 Å². The van der Waals surface area contributed by atoms with Crippen LogP contribution in [0.15, 0.2) is 58.1 Å². The van der Waals surface area contributed by atoms with Crippen molar-refractivity contribution in [3.63, 3.8) is 0 Å². The van der Waals surface area contributed by atoms with Gasteiger partial charge in [0.15, 0.2) is 0 Å². The average molecular weight is 289 g/mol. The van der Waals surface area contributed by atoms with Crippen molar-refractivity contribution in [2.75, 3.05) is 5.43 Å². The summed E-state index contributed by atoms with van der Waals surface area (Å²) in [7, 11) is 0. The Kier molecular flexibility index (Phi) is 3.94. The Balaban J connectivity index is 2.06. The average Bonchev–Trinajstić information content (AvgIpc) is 2.32. The molecule has 2 rings (SSSR count). The standard InChI is InChI=1S/C14H13BrN2/c1-11-5-4-7-13(9-11)17-16-10-12-6-2-3-8-14(12)15/h2-10,17H,1H3/b16-10-. The molecule has 0 atom stereocenters. The maximum atomic E-state index is 4.21. The summed E-state index contributed by atoms with van der Waals surface area (Å²) in [6, 6.07) is 16.1. The van der Waals surface area contributed by atoms with Gasteiger partial charge in [-0.15, -0.1) is 0 Å². The van der Waals surface area contributed by atoms with E-state index in [9.17, 15) is 0 Å². The number of anilines is 1. The summed E-state index contributed by atoms with van der Waals surface area (Å²) in [5.74, 6) is 0. The number of hydrogen-bond donors (Lipinski definition) is 1. The molecule has 1 N–H and O–H groups in total. The molecule has 2 aromatic carbocycles. The van der Waals surface area contributed by atoms with Crippen LogP contribution in [0.5, 0.6) is 0 Å². The molecule has 0 radical (unpaired) electrons. The van der Waals surface area contributed by atoms with Gasteiger partial charge in [-0.05, 0) is 30.7 Å². The Labute approximate surface area is 110 Å². The molecule has 0 aromatic heterocycles. The number of hydrazone groups is 1. The lowest BCUT2D eigenvalue weighted by atomic mass is 10.2. The lowest BCUT2D eigenvalue weighted by Crippen LogP contribution is -1.91. The SMILES string of the molecule is Cc1cccc(N/N=C\c2ccccc2Br)c1. The van der Waals surface area contributed by atoms with Gasteiger partial charge in [-0.2, -0.15) is 5.10 Å². The minimum Gasteiger partial charge on any atom is -0.278 e. The molecule has 0 aliphatic rings. The zero-order valence-corrected chi connectivity index (χ0v) is 11.1. The van der Waals surface area contributed by atoms with Crippen molar-refractivity contribution in [3.05, 3.63) is 64.1 Å². The van der Waals surface area contributed by atoms with Crippen LogP contribution in [0.25, 0.3) is 0 Å².